The zero-order valence-corrected chi connectivity index (χ0v) is 20.5. The maximum atomic E-state index is 13.0. The largest absolute Gasteiger partial charge is 0.340 e. The Balaban J connectivity index is 1.22. The predicted molar refractivity (Wildman–Crippen MR) is 128 cm³/mol. The minimum absolute atomic E-state index is 0.000301. The first-order valence-corrected chi connectivity index (χ1v) is 12.7. The van der Waals surface area contributed by atoms with E-state index in [9.17, 15) is 9.59 Å². The van der Waals surface area contributed by atoms with Crippen molar-refractivity contribution < 1.29 is 9.59 Å². The van der Waals surface area contributed by atoms with Gasteiger partial charge in [-0.25, -0.2) is 0 Å². The van der Waals surface area contributed by atoms with Gasteiger partial charge in [-0.15, -0.1) is 0 Å². The lowest BCUT2D eigenvalue weighted by molar-refractivity contribution is -0.139. The van der Waals surface area contributed by atoms with E-state index in [2.05, 4.69) is 21.6 Å². The van der Waals surface area contributed by atoms with Crippen molar-refractivity contribution >= 4 is 35.0 Å². The molecular formula is C24H34Cl2N4O2. The minimum Gasteiger partial charge on any atom is -0.340 e. The summed E-state index contributed by atoms with van der Waals surface area (Å²) in [4.78, 5) is 34.7. The van der Waals surface area contributed by atoms with Gasteiger partial charge in [-0.05, 0) is 63.5 Å². The van der Waals surface area contributed by atoms with Crippen LogP contribution in [0.1, 0.15) is 43.0 Å². The van der Waals surface area contributed by atoms with Gasteiger partial charge in [0, 0.05) is 66.8 Å². The van der Waals surface area contributed by atoms with Crippen molar-refractivity contribution in [2.75, 3.05) is 58.9 Å². The van der Waals surface area contributed by atoms with Crippen molar-refractivity contribution in [3.05, 3.63) is 33.8 Å². The third-order valence-electron chi connectivity index (χ3n) is 7.39. The van der Waals surface area contributed by atoms with Crippen molar-refractivity contribution in [2.24, 2.45) is 5.92 Å². The van der Waals surface area contributed by atoms with E-state index in [1.54, 1.807) is 18.2 Å². The highest BCUT2D eigenvalue weighted by Gasteiger charge is 2.34. The lowest BCUT2D eigenvalue weighted by atomic mass is 9.92. The molecule has 32 heavy (non-hydrogen) atoms. The standard InChI is InChI=1S/C24H34Cl2N4O2/c1-2-27-11-13-30(14-12-27)23(31)18-3-7-28(8-4-18)22-5-9-29(10-6-22)24(32)19-15-20(25)17-21(26)16-19/h15-18,22H,2-14H2,1H3. The number of nitrogens with zero attached hydrogens (tertiary/aromatic N) is 4. The molecule has 4 rings (SSSR count). The lowest BCUT2D eigenvalue weighted by Gasteiger charge is -2.42. The number of carbonyl (C=O) groups excluding carboxylic acids is 2. The van der Waals surface area contributed by atoms with Crippen LogP contribution in [0.5, 0.6) is 0 Å². The first-order valence-electron chi connectivity index (χ1n) is 11.9. The monoisotopic (exact) mass is 480 g/mol. The first kappa shape index (κ1) is 23.8. The number of hydrogen-bond acceptors (Lipinski definition) is 4. The Morgan fingerprint density at radius 3 is 1.97 bits per heavy atom. The summed E-state index contributed by atoms with van der Waals surface area (Å²) < 4.78 is 0. The summed E-state index contributed by atoms with van der Waals surface area (Å²) >= 11 is 12.1. The normalized spacial score (nSPS) is 22.3. The molecule has 176 valence electrons. The van der Waals surface area contributed by atoms with Gasteiger partial charge in [0.05, 0.1) is 0 Å². The van der Waals surface area contributed by atoms with E-state index in [0.29, 0.717) is 27.6 Å². The van der Waals surface area contributed by atoms with Gasteiger partial charge in [0.1, 0.15) is 0 Å². The molecule has 1 aromatic carbocycles. The average molecular weight is 481 g/mol. The fraction of sp³-hybridized carbons (Fsp3) is 0.667. The Labute approximate surface area is 201 Å². The molecule has 0 aliphatic carbocycles. The molecule has 2 amide bonds. The van der Waals surface area contributed by atoms with Gasteiger partial charge in [-0.2, -0.15) is 0 Å². The van der Waals surface area contributed by atoms with Crippen LogP contribution in [-0.2, 0) is 4.79 Å². The van der Waals surface area contributed by atoms with Crippen molar-refractivity contribution in [3.63, 3.8) is 0 Å². The van der Waals surface area contributed by atoms with Gasteiger partial charge in [-0.3, -0.25) is 9.59 Å². The average Bonchev–Trinajstić information content (AvgIpc) is 2.83. The predicted octanol–water partition coefficient (Wildman–Crippen LogP) is 3.47. The summed E-state index contributed by atoms with van der Waals surface area (Å²) in [6, 6.07) is 5.51. The number of hydrogen-bond donors (Lipinski definition) is 0. The number of carbonyl (C=O) groups is 2. The van der Waals surface area contributed by atoms with E-state index in [1.165, 1.54) is 0 Å². The molecule has 8 heteroatoms. The topological polar surface area (TPSA) is 47.1 Å². The molecule has 6 nitrogen and oxygen atoms in total. The maximum Gasteiger partial charge on any atom is 0.253 e. The van der Waals surface area contributed by atoms with Crippen molar-refractivity contribution in [3.8, 4) is 0 Å². The third kappa shape index (κ3) is 5.58. The highest BCUT2D eigenvalue weighted by Crippen LogP contribution is 2.27. The van der Waals surface area contributed by atoms with Gasteiger partial charge in [-0.1, -0.05) is 30.1 Å². The zero-order valence-electron chi connectivity index (χ0n) is 18.9. The smallest absolute Gasteiger partial charge is 0.253 e. The molecule has 0 N–H and O–H groups in total. The molecule has 0 atom stereocenters. The van der Waals surface area contributed by atoms with E-state index in [4.69, 9.17) is 23.2 Å². The molecule has 3 aliphatic rings. The second-order valence-electron chi connectivity index (χ2n) is 9.25. The fourth-order valence-electron chi connectivity index (χ4n) is 5.35. The van der Waals surface area contributed by atoms with Crippen LogP contribution >= 0.6 is 23.2 Å². The van der Waals surface area contributed by atoms with Crippen molar-refractivity contribution in [1.29, 1.82) is 0 Å². The lowest BCUT2D eigenvalue weighted by Crippen LogP contribution is -2.53. The molecule has 3 heterocycles. The van der Waals surface area contributed by atoms with E-state index >= 15 is 0 Å². The molecule has 0 spiro atoms. The van der Waals surface area contributed by atoms with Gasteiger partial charge in [0.2, 0.25) is 5.91 Å². The number of halogens is 2. The van der Waals surface area contributed by atoms with Crippen LogP contribution < -0.4 is 0 Å². The second-order valence-corrected chi connectivity index (χ2v) is 10.1. The molecule has 3 aliphatic heterocycles. The molecule has 0 unspecified atom stereocenters. The van der Waals surface area contributed by atoms with Crippen LogP contribution in [0, 0.1) is 5.92 Å². The number of likely N-dealkylation sites (N-methyl/N-ethyl adjacent to an activating group) is 1. The molecule has 0 saturated carbocycles. The summed E-state index contributed by atoms with van der Waals surface area (Å²) in [5.41, 5.74) is 0.556. The third-order valence-corrected chi connectivity index (χ3v) is 7.82. The Morgan fingerprint density at radius 1 is 0.812 bits per heavy atom. The van der Waals surface area contributed by atoms with Gasteiger partial charge in [0.25, 0.3) is 5.91 Å². The summed E-state index contributed by atoms with van der Waals surface area (Å²) in [5, 5.41) is 0.973. The highest BCUT2D eigenvalue weighted by atomic mass is 35.5. The fourth-order valence-corrected chi connectivity index (χ4v) is 5.87. The summed E-state index contributed by atoms with van der Waals surface area (Å²) in [7, 11) is 0. The Morgan fingerprint density at radius 2 is 1.41 bits per heavy atom. The van der Waals surface area contributed by atoms with E-state index in [-0.39, 0.29) is 11.8 Å². The van der Waals surface area contributed by atoms with Crippen LogP contribution in [0.3, 0.4) is 0 Å². The number of rotatable bonds is 4. The molecule has 0 radical (unpaired) electrons. The van der Waals surface area contributed by atoms with Gasteiger partial charge < -0.3 is 19.6 Å². The van der Waals surface area contributed by atoms with E-state index < -0.39 is 0 Å². The Bertz CT molecular complexity index is 792. The summed E-state index contributed by atoms with van der Waals surface area (Å²) in [5.74, 6) is 0.537. The molecule has 1 aromatic rings. The first-order chi connectivity index (χ1) is 15.4. The van der Waals surface area contributed by atoms with Crippen molar-refractivity contribution in [2.45, 2.75) is 38.6 Å². The number of likely N-dealkylation sites (tertiary alicyclic amines) is 2. The van der Waals surface area contributed by atoms with Gasteiger partial charge >= 0.3 is 0 Å². The highest BCUT2D eigenvalue weighted by molar-refractivity contribution is 6.35. The van der Waals surface area contributed by atoms with Crippen LogP contribution in [-0.4, -0.2) is 96.4 Å². The van der Waals surface area contributed by atoms with Crippen LogP contribution in [0.15, 0.2) is 18.2 Å². The Kier molecular flexibility index (Phi) is 7.98. The maximum absolute atomic E-state index is 13.0. The summed E-state index contributed by atoms with van der Waals surface area (Å²) in [6.45, 7) is 10.4. The SMILES string of the molecule is CCN1CCN(C(=O)C2CCN(C3CCN(C(=O)c4cc(Cl)cc(Cl)c4)CC3)CC2)CC1. The minimum atomic E-state index is 0.000301. The second kappa shape index (κ2) is 10.7. The number of piperazine rings is 1. The van der Waals surface area contributed by atoms with Crippen LogP contribution in [0.4, 0.5) is 0 Å². The number of piperidine rings is 2. The molecule has 0 aromatic heterocycles. The molecule has 3 fully saturated rings. The van der Waals surface area contributed by atoms with Crippen LogP contribution in [0.25, 0.3) is 0 Å². The number of amides is 2. The molecular weight excluding hydrogens is 447 g/mol. The Hall–Kier alpha value is -1.34. The molecule has 0 bridgehead atoms. The summed E-state index contributed by atoms with van der Waals surface area (Å²) in [6.07, 6.45) is 3.84. The zero-order chi connectivity index (χ0) is 22.7. The van der Waals surface area contributed by atoms with Crippen molar-refractivity contribution in [1.82, 2.24) is 19.6 Å². The van der Waals surface area contributed by atoms with Crippen LogP contribution in [0.2, 0.25) is 10.0 Å². The number of benzene rings is 1. The van der Waals surface area contributed by atoms with E-state index in [0.717, 1.165) is 84.6 Å². The van der Waals surface area contributed by atoms with Gasteiger partial charge in [0.15, 0.2) is 0 Å². The van der Waals surface area contributed by atoms with E-state index in [1.807, 2.05) is 4.90 Å². The quantitative estimate of drug-likeness (QED) is 0.661. The molecule has 3 saturated heterocycles.